The van der Waals surface area contributed by atoms with Crippen LogP contribution in [-0.4, -0.2) is 100.0 Å². The van der Waals surface area contributed by atoms with Crippen molar-refractivity contribution in [2.24, 2.45) is 0 Å². The van der Waals surface area contributed by atoms with Gasteiger partial charge in [0.1, 0.15) is 30.0 Å². The van der Waals surface area contributed by atoms with Gasteiger partial charge in [0, 0.05) is 55.2 Å². The summed E-state index contributed by atoms with van der Waals surface area (Å²) >= 11 is 5.80. The molecule has 0 radical (unpaired) electrons. The molecule has 1 aliphatic carbocycles. The largest absolute Gasteiger partial charge is 0.492 e. The first-order valence-corrected chi connectivity index (χ1v) is 20.6. The molecule has 3 aromatic rings. The average molecular weight is 844 g/mol. The molecule has 314 valence electrons. The fraction of sp³-hybridized carbons (Fsp3) is 0.452. The number of piperazine rings is 1. The fourth-order valence-electron chi connectivity index (χ4n) is 9.06. The Hall–Kier alpha value is -5.64. The van der Waals surface area contributed by atoms with Crippen LogP contribution >= 0.6 is 12.2 Å². The highest BCUT2D eigenvalue weighted by Gasteiger charge is 2.60. The van der Waals surface area contributed by atoms with E-state index in [0.29, 0.717) is 61.6 Å². The van der Waals surface area contributed by atoms with Crippen LogP contribution in [-0.2, 0) is 31.8 Å². The summed E-state index contributed by atoms with van der Waals surface area (Å²) in [6, 6.07) is 15.0. The van der Waals surface area contributed by atoms with Gasteiger partial charge in [-0.25, -0.2) is 4.98 Å². The Morgan fingerprint density at radius 3 is 2.45 bits per heavy atom. The van der Waals surface area contributed by atoms with Crippen molar-refractivity contribution in [3.8, 4) is 11.8 Å². The molecular weight excluding hydrogens is 800 g/mol. The van der Waals surface area contributed by atoms with Crippen LogP contribution in [0, 0.1) is 11.3 Å². The first kappa shape index (κ1) is 41.1. The number of aromatic nitrogens is 1. The number of nitriles is 1. The number of nitrogens with zero attached hydrogens (tertiary/aromatic N) is 6. The van der Waals surface area contributed by atoms with Crippen molar-refractivity contribution in [2.45, 2.75) is 88.1 Å². The van der Waals surface area contributed by atoms with Gasteiger partial charge in [0.25, 0.3) is 5.91 Å². The third kappa shape index (κ3) is 7.88. The van der Waals surface area contributed by atoms with Crippen molar-refractivity contribution in [3.05, 3.63) is 71.5 Å². The lowest BCUT2D eigenvalue weighted by Crippen LogP contribution is -2.63. The Morgan fingerprint density at radius 1 is 1.03 bits per heavy atom. The maximum Gasteiger partial charge on any atom is 0.419 e. The zero-order valence-corrected chi connectivity index (χ0v) is 33.7. The van der Waals surface area contributed by atoms with Gasteiger partial charge in [-0.3, -0.25) is 39.2 Å². The summed E-state index contributed by atoms with van der Waals surface area (Å²) in [6.07, 6.45) is 1.27. The summed E-state index contributed by atoms with van der Waals surface area (Å²) in [6.45, 7) is 4.95. The number of hydrogen-bond donors (Lipinski definition) is 3. The van der Waals surface area contributed by atoms with Crippen LogP contribution in [0.1, 0.15) is 68.7 Å². The zero-order chi connectivity index (χ0) is 42.3. The lowest BCUT2D eigenvalue weighted by atomic mass is 9.75. The number of carbonyl (C=O) groups is 4. The number of piperidine rings is 3. The number of fused-ring (bicyclic) bond motifs is 3. The van der Waals surface area contributed by atoms with E-state index in [2.05, 4.69) is 30.7 Å². The summed E-state index contributed by atoms with van der Waals surface area (Å²) in [7, 11) is 0. The molecule has 2 aromatic carbocycles. The molecule has 9 rings (SSSR count). The van der Waals surface area contributed by atoms with E-state index < -0.39 is 34.9 Å². The van der Waals surface area contributed by atoms with Gasteiger partial charge in [-0.2, -0.15) is 18.4 Å². The predicted molar refractivity (Wildman–Crippen MR) is 219 cm³/mol. The highest BCUT2D eigenvalue weighted by atomic mass is 32.1. The molecule has 1 spiro atoms. The van der Waals surface area contributed by atoms with Crippen molar-refractivity contribution in [2.75, 3.05) is 53.2 Å². The smallest absolute Gasteiger partial charge is 0.419 e. The first-order chi connectivity index (χ1) is 28.8. The van der Waals surface area contributed by atoms with E-state index in [0.717, 1.165) is 55.1 Å². The molecule has 6 heterocycles. The number of aryl methyl sites for hydroxylation is 1. The van der Waals surface area contributed by atoms with Gasteiger partial charge in [0.05, 0.1) is 24.0 Å². The molecule has 14 nitrogen and oxygen atoms in total. The lowest BCUT2D eigenvalue weighted by Gasteiger charge is -2.51. The summed E-state index contributed by atoms with van der Waals surface area (Å²) in [5.41, 5.74) is -0.343. The number of hydrogen-bond acceptors (Lipinski definition) is 11. The standard InChI is InChI=1S/C42H44F3N9O5S/c1-2-25-17-28(54-40(60)53(39(58)41(54)13-4-14-41)31-19-32(42(43,44)45)34(20-46)47-21-31)9-11-35(25)59-16-15-51-22-30-8-7-29(51)23-52(30)24-37(56)49-27-6-3-5-26(18-27)48-33-10-12-36(55)50-38(33)57/h3,5-6,9,11,17-19,21,29-30,33,48H,2,4,7-8,10,12-16,22-24H2,1H3,(H,49,56)(H,50,55,57)/t29-,30-,33?/m0/s1. The molecule has 2 bridgehead atoms. The molecule has 3 N–H and O–H groups in total. The van der Waals surface area contributed by atoms with E-state index in [1.165, 1.54) is 6.07 Å². The number of pyridine rings is 1. The second-order valence-corrected chi connectivity index (χ2v) is 16.3. The van der Waals surface area contributed by atoms with Crippen LogP contribution in [0.15, 0.2) is 54.7 Å². The van der Waals surface area contributed by atoms with E-state index in [1.54, 1.807) is 23.1 Å². The molecule has 3 atom stereocenters. The number of thiocarbonyl (C=S) groups is 1. The third-order valence-electron chi connectivity index (χ3n) is 12.3. The zero-order valence-electron chi connectivity index (χ0n) is 32.9. The topological polar surface area (TPSA) is 163 Å². The number of imide groups is 1. The van der Waals surface area contributed by atoms with Crippen LogP contribution < -0.4 is 30.5 Å². The molecule has 1 aromatic heterocycles. The number of ether oxygens (including phenoxy) is 1. The van der Waals surface area contributed by atoms with Gasteiger partial charge >= 0.3 is 6.18 Å². The minimum atomic E-state index is -4.85. The highest BCUT2D eigenvalue weighted by molar-refractivity contribution is 7.81. The maximum atomic E-state index is 14.0. The normalized spacial score (nSPS) is 22.8. The molecule has 1 unspecified atom stereocenters. The number of amides is 4. The Kier molecular flexibility index (Phi) is 11.3. The average Bonchev–Trinajstić information content (AvgIpc) is 3.45. The molecule has 5 saturated heterocycles. The van der Waals surface area contributed by atoms with Gasteiger partial charge in [0.2, 0.25) is 17.7 Å². The number of anilines is 4. The lowest BCUT2D eigenvalue weighted by molar-refractivity contribution is -0.138. The number of rotatable bonds is 12. The summed E-state index contributed by atoms with van der Waals surface area (Å²) < 4.78 is 47.8. The monoisotopic (exact) mass is 843 g/mol. The van der Waals surface area contributed by atoms with Crippen LogP contribution in [0.2, 0.25) is 0 Å². The van der Waals surface area contributed by atoms with E-state index >= 15 is 0 Å². The van der Waals surface area contributed by atoms with Crippen molar-refractivity contribution in [1.29, 1.82) is 5.26 Å². The first-order valence-electron chi connectivity index (χ1n) is 20.2. The Labute approximate surface area is 350 Å². The summed E-state index contributed by atoms with van der Waals surface area (Å²) in [4.78, 5) is 62.0. The molecule has 18 heteroatoms. The van der Waals surface area contributed by atoms with Crippen molar-refractivity contribution in [1.82, 2.24) is 20.1 Å². The summed E-state index contributed by atoms with van der Waals surface area (Å²) in [5, 5.41) is 17.8. The molecule has 4 amide bonds. The third-order valence-corrected chi connectivity index (χ3v) is 12.6. The van der Waals surface area contributed by atoms with E-state index in [4.69, 9.17) is 17.0 Å². The minimum absolute atomic E-state index is 0.0512. The quantitative estimate of drug-likeness (QED) is 0.166. The number of alkyl halides is 3. The number of benzene rings is 2. The van der Waals surface area contributed by atoms with Crippen LogP contribution in [0.4, 0.5) is 35.9 Å². The van der Waals surface area contributed by atoms with Crippen LogP contribution in [0.25, 0.3) is 0 Å². The Morgan fingerprint density at radius 2 is 1.78 bits per heavy atom. The molecule has 5 aliphatic heterocycles. The van der Waals surface area contributed by atoms with Crippen molar-refractivity contribution < 1.29 is 37.1 Å². The van der Waals surface area contributed by atoms with Gasteiger partial charge in [0.15, 0.2) is 10.8 Å². The molecular formula is C42H44F3N9O5S. The van der Waals surface area contributed by atoms with Gasteiger partial charge < -0.3 is 20.3 Å². The number of carbonyl (C=O) groups excluding carboxylic acids is 4. The molecule has 1 saturated carbocycles. The van der Waals surface area contributed by atoms with Gasteiger partial charge in [-0.1, -0.05) is 13.0 Å². The van der Waals surface area contributed by atoms with E-state index in [-0.39, 0.29) is 53.6 Å². The fourth-order valence-corrected chi connectivity index (χ4v) is 9.53. The predicted octanol–water partition coefficient (Wildman–Crippen LogP) is 4.98. The van der Waals surface area contributed by atoms with E-state index in [9.17, 15) is 37.6 Å². The second kappa shape index (κ2) is 16.4. The SMILES string of the molecule is CCc1cc(N2C(=S)N(c3cnc(C#N)c(C(F)(F)F)c3)C(=O)C23CCC3)ccc1OCCN1C[C@@H]2CC[C@H]1CN2CC(=O)Nc1cccc(NC2CCC(=O)NC2=O)c1. The number of nitrogens with one attached hydrogen (secondary N) is 3. The molecule has 6 fully saturated rings. The van der Waals surface area contributed by atoms with E-state index in [1.807, 2.05) is 31.2 Å². The van der Waals surface area contributed by atoms with Crippen molar-refractivity contribution >= 4 is 63.7 Å². The second-order valence-electron chi connectivity index (χ2n) is 15.9. The minimum Gasteiger partial charge on any atom is -0.492 e. The highest BCUT2D eigenvalue weighted by Crippen LogP contribution is 2.49. The Balaban J connectivity index is 0.864. The Bertz CT molecular complexity index is 2280. The molecule has 6 aliphatic rings. The number of halogens is 3. The van der Waals surface area contributed by atoms with Crippen molar-refractivity contribution in [3.63, 3.8) is 0 Å². The van der Waals surface area contributed by atoms with Crippen LogP contribution in [0.3, 0.4) is 0 Å². The maximum absolute atomic E-state index is 14.0. The van der Waals surface area contributed by atoms with Gasteiger partial charge in [-0.15, -0.1) is 0 Å². The van der Waals surface area contributed by atoms with Gasteiger partial charge in [-0.05, 0) is 105 Å². The van der Waals surface area contributed by atoms with Crippen LogP contribution in [0.5, 0.6) is 5.75 Å². The molecule has 60 heavy (non-hydrogen) atoms. The summed E-state index contributed by atoms with van der Waals surface area (Å²) in [5.74, 6) is -0.488.